The van der Waals surface area contributed by atoms with Gasteiger partial charge in [-0.25, -0.2) is 5.06 Å². The summed E-state index contributed by atoms with van der Waals surface area (Å²) in [4.78, 5) is 5.59. The minimum absolute atomic E-state index is 0.737. The number of allylic oxidation sites excluding steroid dienone is 2. The van der Waals surface area contributed by atoms with Crippen LogP contribution in [0.3, 0.4) is 0 Å². The first kappa shape index (κ1) is 9.80. The van der Waals surface area contributed by atoms with E-state index in [4.69, 9.17) is 4.84 Å². The van der Waals surface area contributed by atoms with Crippen LogP contribution in [0, 0.1) is 0 Å². The van der Waals surface area contributed by atoms with Gasteiger partial charge < -0.3 is 5.32 Å². The molecule has 2 rings (SSSR count). The fourth-order valence-electron chi connectivity index (χ4n) is 1.44. The lowest BCUT2D eigenvalue weighted by Gasteiger charge is -2.25. The summed E-state index contributed by atoms with van der Waals surface area (Å²) in [5.74, 6) is 0. The molecule has 0 spiro atoms. The third-order valence-electron chi connectivity index (χ3n) is 2.06. The molecule has 0 aromatic rings. The maximum Gasteiger partial charge on any atom is 0.0898 e. The van der Waals surface area contributed by atoms with Gasteiger partial charge in [0, 0.05) is 17.2 Å². The highest BCUT2D eigenvalue weighted by Gasteiger charge is 2.21. The van der Waals surface area contributed by atoms with Gasteiger partial charge in [-0.2, -0.15) is 0 Å². The van der Waals surface area contributed by atoms with E-state index < -0.39 is 0 Å². The second-order valence-corrected chi connectivity index (χ2v) is 4.12. The molecule has 0 saturated carbocycles. The van der Waals surface area contributed by atoms with Crippen molar-refractivity contribution in [2.45, 2.75) is 13.3 Å². The molecule has 0 aliphatic carbocycles. The summed E-state index contributed by atoms with van der Waals surface area (Å²) in [6, 6.07) is 0. The van der Waals surface area contributed by atoms with Crippen LogP contribution in [0.4, 0.5) is 0 Å². The van der Waals surface area contributed by atoms with Crippen molar-refractivity contribution in [2.75, 3.05) is 13.2 Å². The summed E-state index contributed by atoms with van der Waals surface area (Å²) in [5.41, 5.74) is 2.23. The van der Waals surface area contributed by atoms with Gasteiger partial charge in [0.15, 0.2) is 0 Å². The lowest BCUT2D eigenvalue weighted by atomic mass is 10.2. The summed E-state index contributed by atoms with van der Waals surface area (Å²) in [5, 5.41) is 5.09. The van der Waals surface area contributed by atoms with Crippen molar-refractivity contribution in [1.29, 1.82) is 0 Å². The third-order valence-corrected chi connectivity index (χ3v) is 2.49. The van der Waals surface area contributed by atoms with Crippen molar-refractivity contribution in [3.63, 3.8) is 0 Å². The summed E-state index contributed by atoms with van der Waals surface area (Å²) in [6.07, 6.45) is 7.14. The maximum absolute atomic E-state index is 5.59. The molecule has 0 bridgehead atoms. The number of fused-ring (bicyclic) bond motifs is 1. The number of nitrogens with zero attached hydrogens (tertiary/aromatic N) is 1. The Hall–Kier alpha value is -0.740. The van der Waals surface area contributed by atoms with Gasteiger partial charge in [-0.3, -0.25) is 4.84 Å². The van der Waals surface area contributed by atoms with Gasteiger partial charge in [0.2, 0.25) is 0 Å². The van der Waals surface area contributed by atoms with Crippen LogP contribution in [0.15, 0.2) is 34.2 Å². The van der Waals surface area contributed by atoms with Crippen molar-refractivity contribution in [2.24, 2.45) is 0 Å². The van der Waals surface area contributed by atoms with Gasteiger partial charge in [0.1, 0.15) is 0 Å². The van der Waals surface area contributed by atoms with Crippen molar-refractivity contribution >= 4 is 15.9 Å². The highest BCUT2D eigenvalue weighted by Crippen LogP contribution is 2.27. The highest BCUT2D eigenvalue weighted by molar-refractivity contribution is 9.11. The van der Waals surface area contributed by atoms with Gasteiger partial charge >= 0.3 is 0 Å². The number of nitrogens with one attached hydrogen (secondary N) is 1. The largest absolute Gasteiger partial charge is 0.380 e. The molecule has 4 heteroatoms. The molecule has 1 N–H and O–H groups in total. The van der Waals surface area contributed by atoms with E-state index in [9.17, 15) is 0 Å². The molecule has 2 aliphatic rings. The van der Waals surface area contributed by atoms with Gasteiger partial charge in [0.25, 0.3) is 0 Å². The van der Waals surface area contributed by atoms with Crippen molar-refractivity contribution in [3.05, 3.63) is 34.2 Å². The molecule has 14 heavy (non-hydrogen) atoms. The van der Waals surface area contributed by atoms with E-state index >= 15 is 0 Å². The zero-order chi connectivity index (χ0) is 9.97. The summed E-state index contributed by atoms with van der Waals surface area (Å²) in [7, 11) is 0. The van der Waals surface area contributed by atoms with Gasteiger partial charge in [-0.15, -0.1) is 0 Å². The van der Waals surface area contributed by atoms with Crippen LogP contribution in [0.25, 0.3) is 0 Å². The Morgan fingerprint density at radius 2 is 2.50 bits per heavy atom. The van der Waals surface area contributed by atoms with Crippen LogP contribution in [0.1, 0.15) is 13.3 Å². The number of halogens is 1. The smallest absolute Gasteiger partial charge is 0.0898 e. The van der Waals surface area contributed by atoms with Crippen LogP contribution in [0.5, 0.6) is 0 Å². The number of hydroxylamine groups is 2. The normalized spacial score (nSPS) is 19.6. The molecule has 0 radical (unpaired) electrons. The van der Waals surface area contributed by atoms with Crippen LogP contribution < -0.4 is 5.32 Å². The Bertz CT molecular complexity index is 320. The predicted octanol–water partition coefficient (Wildman–Crippen LogP) is 2.25. The van der Waals surface area contributed by atoms with E-state index in [1.54, 1.807) is 0 Å². The average Bonchev–Trinajstić information content (AvgIpc) is 2.61. The molecular weight excluding hydrogens is 244 g/mol. The number of hydrogen-bond acceptors (Lipinski definition) is 3. The lowest BCUT2D eigenvalue weighted by molar-refractivity contribution is -0.0907. The Kier molecular flexibility index (Phi) is 2.93. The summed E-state index contributed by atoms with van der Waals surface area (Å²) >= 11 is 3.45. The van der Waals surface area contributed by atoms with Gasteiger partial charge in [-0.1, -0.05) is 6.92 Å². The van der Waals surface area contributed by atoms with E-state index in [1.165, 1.54) is 0 Å². The van der Waals surface area contributed by atoms with Crippen molar-refractivity contribution < 1.29 is 4.84 Å². The zero-order valence-corrected chi connectivity index (χ0v) is 9.67. The standard InChI is InChI=1S/C10H13BrN2O/c1-2-5-14-13-7-8(11)6-9-10(13)3-4-12-9/h3,6-7,12H,2,4-5H2,1H3. The average molecular weight is 257 g/mol. The fraction of sp³-hybridized carbons (Fsp3) is 0.400. The second kappa shape index (κ2) is 4.19. The quantitative estimate of drug-likeness (QED) is 0.839. The van der Waals surface area contributed by atoms with Gasteiger partial charge in [-0.05, 0) is 34.5 Å². The van der Waals surface area contributed by atoms with E-state index in [-0.39, 0.29) is 0 Å². The minimum atomic E-state index is 0.737. The molecule has 0 unspecified atom stereocenters. The van der Waals surface area contributed by atoms with Crippen LogP contribution in [-0.2, 0) is 4.84 Å². The predicted molar refractivity (Wildman–Crippen MR) is 59.3 cm³/mol. The van der Waals surface area contributed by atoms with Crippen molar-refractivity contribution in [3.8, 4) is 0 Å². The molecule has 3 nitrogen and oxygen atoms in total. The molecular formula is C10H13BrN2O. The van der Waals surface area contributed by atoms with E-state index in [1.807, 2.05) is 11.3 Å². The van der Waals surface area contributed by atoms with E-state index in [0.717, 1.165) is 35.4 Å². The minimum Gasteiger partial charge on any atom is -0.380 e. The number of rotatable bonds is 3. The molecule has 0 atom stereocenters. The SMILES string of the molecule is CCCON1C=C(Br)C=C2NCC=C21. The first-order valence-electron chi connectivity index (χ1n) is 4.77. The molecule has 0 aromatic heterocycles. The Labute approximate surface area is 92.2 Å². The van der Waals surface area contributed by atoms with Crippen molar-refractivity contribution in [1.82, 2.24) is 10.4 Å². The van der Waals surface area contributed by atoms with Crippen LogP contribution >= 0.6 is 15.9 Å². The van der Waals surface area contributed by atoms with E-state index in [2.05, 4.69) is 40.3 Å². The summed E-state index contributed by atoms with van der Waals surface area (Å²) < 4.78 is 1.02. The molecule has 0 fully saturated rings. The highest BCUT2D eigenvalue weighted by atomic mass is 79.9. The Morgan fingerprint density at radius 3 is 3.29 bits per heavy atom. The van der Waals surface area contributed by atoms with E-state index in [0.29, 0.717) is 0 Å². The monoisotopic (exact) mass is 256 g/mol. The second-order valence-electron chi connectivity index (χ2n) is 3.20. The van der Waals surface area contributed by atoms with Crippen LogP contribution in [-0.4, -0.2) is 18.2 Å². The fourth-order valence-corrected chi connectivity index (χ4v) is 1.86. The molecule has 2 aliphatic heterocycles. The van der Waals surface area contributed by atoms with Gasteiger partial charge in [0.05, 0.1) is 18.0 Å². The third kappa shape index (κ3) is 1.86. The summed E-state index contributed by atoms with van der Waals surface area (Å²) in [6.45, 7) is 3.71. The first-order chi connectivity index (χ1) is 6.81. The molecule has 0 amide bonds. The maximum atomic E-state index is 5.59. The lowest BCUT2D eigenvalue weighted by Crippen LogP contribution is -2.23. The molecule has 0 aromatic carbocycles. The van der Waals surface area contributed by atoms with Crippen LogP contribution in [0.2, 0.25) is 0 Å². The topological polar surface area (TPSA) is 24.5 Å². The number of hydrogen-bond donors (Lipinski definition) is 1. The molecule has 76 valence electrons. The molecule has 2 heterocycles. The Morgan fingerprint density at radius 1 is 1.64 bits per heavy atom. The molecule has 0 saturated heterocycles. The first-order valence-corrected chi connectivity index (χ1v) is 5.56. The zero-order valence-electron chi connectivity index (χ0n) is 8.09. The Balaban J connectivity index is 2.13.